The minimum Gasteiger partial charge on any atom is -0.341 e. The van der Waals surface area contributed by atoms with Gasteiger partial charge in [0.1, 0.15) is 0 Å². The number of unbranched alkanes of at least 4 members (excludes halogenated alkanes) is 2. The number of carbonyl (C=O) groups excluding carboxylic acids is 1. The second kappa shape index (κ2) is 8.62. The first-order valence-electron chi connectivity index (χ1n) is 7.76. The molecule has 5 nitrogen and oxygen atoms in total. The fourth-order valence-corrected chi connectivity index (χ4v) is 4.04. The third-order valence-electron chi connectivity index (χ3n) is 3.70. The standard InChI is InChI=1S/C14H28N2O3S/c1-3-5-8-14(17)15-9-7-10-16(12-11-15)20(18,19)13-6-4-2/h3-13H2,1-2H3. The molecule has 0 aromatic carbocycles. The second-order valence-electron chi connectivity index (χ2n) is 5.41. The molecule has 0 aromatic rings. The van der Waals surface area contributed by atoms with Gasteiger partial charge in [-0.2, -0.15) is 0 Å². The van der Waals surface area contributed by atoms with Gasteiger partial charge in [0, 0.05) is 32.6 Å². The molecular formula is C14H28N2O3S. The van der Waals surface area contributed by atoms with E-state index < -0.39 is 10.0 Å². The number of hydrogen-bond acceptors (Lipinski definition) is 3. The van der Waals surface area contributed by atoms with E-state index >= 15 is 0 Å². The van der Waals surface area contributed by atoms with Gasteiger partial charge in [-0.15, -0.1) is 0 Å². The van der Waals surface area contributed by atoms with Gasteiger partial charge in [-0.05, 0) is 19.3 Å². The lowest BCUT2D eigenvalue weighted by Gasteiger charge is -2.22. The lowest BCUT2D eigenvalue weighted by atomic mass is 10.2. The van der Waals surface area contributed by atoms with E-state index in [1.807, 2.05) is 11.8 Å². The van der Waals surface area contributed by atoms with Crippen LogP contribution in [0.3, 0.4) is 0 Å². The molecule has 6 heteroatoms. The van der Waals surface area contributed by atoms with Crippen LogP contribution in [0.5, 0.6) is 0 Å². The van der Waals surface area contributed by atoms with Crippen LogP contribution in [0.25, 0.3) is 0 Å². The zero-order valence-corrected chi connectivity index (χ0v) is 13.6. The van der Waals surface area contributed by atoms with Crippen molar-refractivity contribution in [3.63, 3.8) is 0 Å². The normalized spacial score (nSPS) is 18.0. The summed E-state index contributed by atoms with van der Waals surface area (Å²) in [5, 5.41) is 0. The maximum atomic E-state index is 12.2. The zero-order chi connectivity index (χ0) is 15.0. The van der Waals surface area contributed by atoms with Crippen LogP contribution in [-0.2, 0) is 14.8 Å². The van der Waals surface area contributed by atoms with E-state index in [-0.39, 0.29) is 11.7 Å². The lowest BCUT2D eigenvalue weighted by Crippen LogP contribution is -2.38. The molecule has 1 amide bonds. The van der Waals surface area contributed by atoms with Crippen molar-refractivity contribution in [2.75, 3.05) is 31.9 Å². The van der Waals surface area contributed by atoms with E-state index in [9.17, 15) is 13.2 Å². The predicted molar refractivity (Wildman–Crippen MR) is 81.0 cm³/mol. The van der Waals surface area contributed by atoms with Crippen molar-refractivity contribution in [3.05, 3.63) is 0 Å². The summed E-state index contributed by atoms with van der Waals surface area (Å²) in [6.45, 7) is 6.27. The summed E-state index contributed by atoms with van der Waals surface area (Å²) in [7, 11) is -3.14. The number of amides is 1. The van der Waals surface area contributed by atoms with E-state index in [1.54, 1.807) is 4.31 Å². The van der Waals surface area contributed by atoms with Gasteiger partial charge < -0.3 is 4.90 Å². The first-order valence-corrected chi connectivity index (χ1v) is 9.37. The molecule has 0 saturated carbocycles. The van der Waals surface area contributed by atoms with Crippen LogP contribution in [0.2, 0.25) is 0 Å². The number of hydrogen-bond donors (Lipinski definition) is 0. The highest BCUT2D eigenvalue weighted by molar-refractivity contribution is 7.89. The molecular weight excluding hydrogens is 276 g/mol. The van der Waals surface area contributed by atoms with Crippen LogP contribution in [0.15, 0.2) is 0 Å². The molecule has 0 bridgehead atoms. The molecule has 118 valence electrons. The molecule has 1 aliphatic heterocycles. The van der Waals surface area contributed by atoms with Gasteiger partial charge in [0.15, 0.2) is 0 Å². The highest BCUT2D eigenvalue weighted by atomic mass is 32.2. The summed E-state index contributed by atoms with van der Waals surface area (Å²) >= 11 is 0. The van der Waals surface area contributed by atoms with Crippen molar-refractivity contribution < 1.29 is 13.2 Å². The first-order chi connectivity index (χ1) is 9.51. The van der Waals surface area contributed by atoms with Gasteiger partial charge in [0.05, 0.1) is 5.75 Å². The largest absolute Gasteiger partial charge is 0.341 e. The molecule has 0 N–H and O–H groups in total. The van der Waals surface area contributed by atoms with Crippen LogP contribution in [0.4, 0.5) is 0 Å². The Hall–Kier alpha value is -0.620. The zero-order valence-electron chi connectivity index (χ0n) is 12.8. The van der Waals surface area contributed by atoms with Gasteiger partial charge >= 0.3 is 0 Å². The van der Waals surface area contributed by atoms with E-state index in [0.717, 1.165) is 25.7 Å². The fourth-order valence-electron chi connectivity index (χ4n) is 2.36. The van der Waals surface area contributed by atoms with Crippen LogP contribution in [-0.4, -0.2) is 55.5 Å². The highest BCUT2D eigenvalue weighted by Crippen LogP contribution is 2.12. The van der Waals surface area contributed by atoms with Crippen LogP contribution in [0, 0.1) is 0 Å². The molecule has 0 aromatic heterocycles. The van der Waals surface area contributed by atoms with Crippen molar-refractivity contribution in [2.24, 2.45) is 0 Å². The number of rotatable bonds is 7. The third-order valence-corrected chi connectivity index (χ3v) is 5.66. The average Bonchev–Trinajstić information content (AvgIpc) is 2.69. The molecule has 0 spiro atoms. The Morgan fingerprint density at radius 3 is 2.35 bits per heavy atom. The summed E-state index contributed by atoms with van der Waals surface area (Å²) in [6.07, 6.45) is 4.83. The van der Waals surface area contributed by atoms with Crippen molar-refractivity contribution in [2.45, 2.75) is 52.4 Å². The Labute approximate surface area is 123 Å². The smallest absolute Gasteiger partial charge is 0.222 e. The Bertz CT molecular complexity index is 395. The maximum Gasteiger partial charge on any atom is 0.222 e. The Morgan fingerprint density at radius 1 is 1.00 bits per heavy atom. The van der Waals surface area contributed by atoms with Gasteiger partial charge in [-0.1, -0.05) is 26.7 Å². The molecule has 0 aliphatic carbocycles. The monoisotopic (exact) mass is 304 g/mol. The topological polar surface area (TPSA) is 57.7 Å². The summed E-state index contributed by atoms with van der Waals surface area (Å²) < 4.78 is 25.9. The maximum absolute atomic E-state index is 12.2. The van der Waals surface area contributed by atoms with Crippen molar-refractivity contribution in [1.29, 1.82) is 0 Å². The molecule has 0 atom stereocenters. The number of sulfonamides is 1. The summed E-state index contributed by atoms with van der Waals surface area (Å²) in [5.41, 5.74) is 0. The lowest BCUT2D eigenvalue weighted by molar-refractivity contribution is -0.131. The van der Waals surface area contributed by atoms with Gasteiger partial charge in [-0.3, -0.25) is 4.79 Å². The first kappa shape index (κ1) is 17.4. The molecule has 0 unspecified atom stereocenters. The van der Waals surface area contributed by atoms with Crippen molar-refractivity contribution >= 4 is 15.9 Å². The Morgan fingerprint density at radius 2 is 1.70 bits per heavy atom. The quantitative estimate of drug-likeness (QED) is 0.721. The molecule has 1 rings (SSSR count). The second-order valence-corrected chi connectivity index (χ2v) is 7.49. The molecule has 1 aliphatic rings. The van der Waals surface area contributed by atoms with E-state index in [1.165, 1.54) is 0 Å². The number of nitrogens with zero attached hydrogens (tertiary/aromatic N) is 2. The summed E-state index contributed by atoms with van der Waals surface area (Å²) in [6, 6.07) is 0. The average molecular weight is 304 g/mol. The predicted octanol–water partition coefficient (Wildman–Crippen LogP) is 1.84. The van der Waals surface area contributed by atoms with Crippen LogP contribution >= 0.6 is 0 Å². The van der Waals surface area contributed by atoms with Crippen LogP contribution < -0.4 is 0 Å². The SMILES string of the molecule is CCCCC(=O)N1CCCN(S(=O)(=O)CCCC)CC1. The molecule has 20 heavy (non-hydrogen) atoms. The molecule has 1 fully saturated rings. The highest BCUT2D eigenvalue weighted by Gasteiger charge is 2.25. The van der Waals surface area contributed by atoms with Crippen LogP contribution in [0.1, 0.15) is 52.4 Å². The van der Waals surface area contributed by atoms with E-state index in [0.29, 0.717) is 39.0 Å². The van der Waals surface area contributed by atoms with E-state index in [4.69, 9.17) is 0 Å². The minimum atomic E-state index is -3.14. The van der Waals surface area contributed by atoms with Gasteiger partial charge in [0.25, 0.3) is 0 Å². The Balaban J connectivity index is 2.52. The molecule has 0 radical (unpaired) electrons. The third kappa shape index (κ3) is 5.40. The van der Waals surface area contributed by atoms with Crippen molar-refractivity contribution in [1.82, 2.24) is 9.21 Å². The number of carbonyl (C=O) groups is 1. The minimum absolute atomic E-state index is 0.166. The van der Waals surface area contributed by atoms with Gasteiger partial charge in [-0.25, -0.2) is 12.7 Å². The molecule has 1 saturated heterocycles. The molecule has 1 heterocycles. The Kier molecular flexibility index (Phi) is 7.51. The van der Waals surface area contributed by atoms with Crippen molar-refractivity contribution in [3.8, 4) is 0 Å². The summed E-state index contributed by atoms with van der Waals surface area (Å²) in [5.74, 6) is 0.396. The van der Waals surface area contributed by atoms with Gasteiger partial charge in [0.2, 0.25) is 15.9 Å². The fraction of sp³-hybridized carbons (Fsp3) is 0.929. The van der Waals surface area contributed by atoms with E-state index in [2.05, 4.69) is 6.92 Å². The summed E-state index contributed by atoms with van der Waals surface area (Å²) in [4.78, 5) is 13.8.